The lowest BCUT2D eigenvalue weighted by Gasteiger charge is -2.21. The van der Waals surface area contributed by atoms with E-state index in [1.54, 1.807) is 6.92 Å². The fourth-order valence-electron chi connectivity index (χ4n) is 3.38. The Morgan fingerprint density at radius 3 is 2.59 bits per heavy atom. The molecule has 0 heterocycles. The van der Waals surface area contributed by atoms with Crippen molar-refractivity contribution < 1.29 is 14.3 Å². The van der Waals surface area contributed by atoms with Gasteiger partial charge in [0.2, 0.25) is 0 Å². The zero-order chi connectivity index (χ0) is 19.2. The van der Waals surface area contributed by atoms with Crippen LogP contribution in [0.1, 0.15) is 43.4 Å². The highest BCUT2D eigenvalue weighted by Crippen LogP contribution is 2.26. The number of ether oxygens (including phenoxy) is 2. The van der Waals surface area contributed by atoms with Crippen molar-refractivity contribution in [3.05, 3.63) is 59.2 Å². The van der Waals surface area contributed by atoms with Crippen molar-refractivity contribution in [1.29, 1.82) is 0 Å². The third-order valence-corrected chi connectivity index (χ3v) is 4.97. The van der Waals surface area contributed by atoms with Crippen LogP contribution in [-0.4, -0.2) is 24.7 Å². The molecule has 0 unspecified atom stereocenters. The molecule has 0 bridgehead atoms. The van der Waals surface area contributed by atoms with Gasteiger partial charge in [0.05, 0.1) is 6.04 Å². The van der Waals surface area contributed by atoms with Crippen molar-refractivity contribution in [2.45, 2.75) is 58.6 Å². The SMILES string of the molecule is Cc1ccccc1OC[C@H](C)NC(=O)[C@H](C)Oc1ccc2c(c1)CCCC2. The van der Waals surface area contributed by atoms with E-state index in [-0.39, 0.29) is 11.9 Å². The predicted molar refractivity (Wildman–Crippen MR) is 107 cm³/mol. The molecule has 0 spiro atoms. The highest BCUT2D eigenvalue weighted by atomic mass is 16.5. The second kappa shape index (κ2) is 8.94. The molecule has 0 saturated carbocycles. The van der Waals surface area contributed by atoms with E-state index in [0.29, 0.717) is 6.61 Å². The first-order chi connectivity index (χ1) is 13.0. The number of rotatable bonds is 7. The Morgan fingerprint density at radius 1 is 1.07 bits per heavy atom. The molecule has 2 aromatic carbocycles. The van der Waals surface area contributed by atoms with Gasteiger partial charge in [0, 0.05) is 0 Å². The highest BCUT2D eigenvalue weighted by molar-refractivity contribution is 5.81. The number of carbonyl (C=O) groups is 1. The first kappa shape index (κ1) is 19.3. The minimum absolute atomic E-state index is 0.105. The van der Waals surface area contributed by atoms with E-state index in [4.69, 9.17) is 9.47 Å². The van der Waals surface area contributed by atoms with Crippen LogP contribution < -0.4 is 14.8 Å². The second-order valence-corrected chi connectivity index (χ2v) is 7.38. The zero-order valence-electron chi connectivity index (χ0n) is 16.5. The smallest absolute Gasteiger partial charge is 0.261 e. The average molecular weight is 367 g/mol. The molecule has 0 fully saturated rings. The molecule has 144 valence electrons. The van der Waals surface area contributed by atoms with Crippen LogP contribution in [0.2, 0.25) is 0 Å². The Balaban J connectivity index is 1.49. The van der Waals surface area contributed by atoms with Gasteiger partial charge in [0.15, 0.2) is 6.10 Å². The lowest BCUT2D eigenvalue weighted by atomic mass is 9.92. The number of amides is 1. The van der Waals surface area contributed by atoms with Crippen LogP contribution in [0.3, 0.4) is 0 Å². The third-order valence-electron chi connectivity index (χ3n) is 4.97. The van der Waals surface area contributed by atoms with E-state index >= 15 is 0 Å². The molecule has 4 nitrogen and oxygen atoms in total. The molecule has 2 aromatic rings. The van der Waals surface area contributed by atoms with Crippen LogP contribution in [0.5, 0.6) is 11.5 Å². The predicted octanol–water partition coefficient (Wildman–Crippen LogP) is 4.22. The summed E-state index contributed by atoms with van der Waals surface area (Å²) in [6.45, 7) is 6.14. The Bertz CT molecular complexity index is 787. The van der Waals surface area contributed by atoms with E-state index in [9.17, 15) is 4.79 Å². The molecule has 2 atom stereocenters. The maximum absolute atomic E-state index is 12.4. The Labute approximate surface area is 161 Å². The molecule has 0 aromatic heterocycles. The summed E-state index contributed by atoms with van der Waals surface area (Å²) in [7, 11) is 0. The van der Waals surface area contributed by atoms with Crippen LogP contribution in [0.15, 0.2) is 42.5 Å². The molecule has 3 rings (SSSR count). The van der Waals surface area contributed by atoms with Crippen molar-refractivity contribution >= 4 is 5.91 Å². The lowest BCUT2D eigenvalue weighted by Crippen LogP contribution is -2.43. The maximum Gasteiger partial charge on any atom is 0.261 e. The minimum atomic E-state index is -0.549. The van der Waals surface area contributed by atoms with Gasteiger partial charge in [-0.05, 0) is 81.3 Å². The van der Waals surface area contributed by atoms with Gasteiger partial charge in [-0.1, -0.05) is 24.3 Å². The largest absolute Gasteiger partial charge is 0.491 e. The van der Waals surface area contributed by atoms with Gasteiger partial charge in [0.1, 0.15) is 18.1 Å². The molecule has 0 aliphatic heterocycles. The first-order valence-electron chi connectivity index (χ1n) is 9.80. The molecule has 1 aliphatic carbocycles. The van der Waals surface area contributed by atoms with Gasteiger partial charge < -0.3 is 14.8 Å². The Morgan fingerprint density at radius 2 is 1.81 bits per heavy atom. The minimum Gasteiger partial charge on any atom is -0.491 e. The Kier molecular flexibility index (Phi) is 6.38. The molecule has 0 radical (unpaired) electrons. The molecule has 1 amide bonds. The quantitative estimate of drug-likeness (QED) is 0.797. The summed E-state index contributed by atoms with van der Waals surface area (Å²) >= 11 is 0. The van der Waals surface area contributed by atoms with Gasteiger partial charge in [-0.3, -0.25) is 4.79 Å². The number of para-hydroxylation sites is 1. The van der Waals surface area contributed by atoms with E-state index in [2.05, 4.69) is 17.4 Å². The van der Waals surface area contributed by atoms with Crippen LogP contribution in [0.4, 0.5) is 0 Å². The normalized spacial score (nSPS) is 15.4. The summed E-state index contributed by atoms with van der Waals surface area (Å²) in [5.74, 6) is 1.48. The topological polar surface area (TPSA) is 47.6 Å². The number of aryl methyl sites for hydroxylation is 3. The second-order valence-electron chi connectivity index (χ2n) is 7.38. The van der Waals surface area contributed by atoms with Crippen molar-refractivity contribution in [1.82, 2.24) is 5.32 Å². The van der Waals surface area contributed by atoms with Crippen molar-refractivity contribution in [2.24, 2.45) is 0 Å². The standard InChI is InChI=1S/C23H29NO3/c1-16-8-4-7-11-22(16)26-15-17(2)24-23(25)18(3)27-21-13-12-19-9-5-6-10-20(19)14-21/h4,7-8,11-14,17-18H,5-6,9-10,15H2,1-3H3,(H,24,25)/t17-,18-/m0/s1. The summed E-state index contributed by atoms with van der Waals surface area (Å²) in [6, 6.07) is 14.0. The number of benzene rings is 2. The fourth-order valence-corrected chi connectivity index (χ4v) is 3.38. The fraction of sp³-hybridized carbons (Fsp3) is 0.435. The number of fused-ring (bicyclic) bond motifs is 1. The Hall–Kier alpha value is -2.49. The van der Waals surface area contributed by atoms with Gasteiger partial charge in [-0.15, -0.1) is 0 Å². The monoisotopic (exact) mass is 367 g/mol. The number of carbonyl (C=O) groups excluding carboxylic acids is 1. The molecule has 0 saturated heterocycles. The zero-order valence-corrected chi connectivity index (χ0v) is 16.5. The van der Waals surface area contributed by atoms with Gasteiger partial charge in [-0.25, -0.2) is 0 Å². The van der Waals surface area contributed by atoms with E-state index in [1.807, 2.05) is 44.2 Å². The van der Waals surface area contributed by atoms with Crippen LogP contribution in [-0.2, 0) is 17.6 Å². The van der Waals surface area contributed by atoms with Gasteiger partial charge >= 0.3 is 0 Å². The summed E-state index contributed by atoms with van der Waals surface area (Å²) in [5.41, 5.74) is 3.85. The third kappa shape index (κ3) is 5.25. The molecule has 1 aliphatic rings. The van der Waals surface area contributed by atoms with Crippen molar-refractivity contribution in [3.63, 3.8) is 0 Å². The molecule has 4 heteroatoms. The average Bonchev–Trinajstić information content (AvgIpc) is 2.67. The summed E-state index contributed by atoms with van der Waals surface area (Å²) in [6.07, 6.45) is 4.18. The molecular weight excluding hydrogens is 338 g/mol. The van der Waals surface area contributed by atoms with Crippen molar-refractivity contribution in [2.75, 3.05) is 6.61 Å². The van der Waals surface area contributed by atoms with E-state index < -0.39 is 6.10 Å². The van der Waals surface area contributed by atoms with Gasteiger partial charge in [-0.2, -0.15) is 0 Å². The molecule has 1 N–H and O–H groups in total. The van der Waals surface area contributed by atoms with Gasteiger partial charge in [0.25, 0.3) is 5.91 Å². The number of hydrogen-bond donors (Lipinski definition) is 1. The maximum atomic E-state index is 12.4. The first-order valence-corrected chi connectivity index (χ1v) is 9.80. The van der Waals surface area contributed by atoms with Crippen LogP contribution in [0.25, 0.3) is 0 Å². The summed E-state index contributed by atoms with van der Waals surface area (Å²) < 4.78 is 11.7. The van der Waals surface area contributed by atoms with Crippen molar-refractivity contribution in [3.8, 4) is 11.5 Å². The highest BCUT2D eigenvalue weighted by Gasteiger charge is 2.18. The van der Waals surface area contributed by atoms with E-state index in [1.165, 1.54) is 24.0 Å². The van der Waals surface area contributed by atoms with E-state index in [0.717, 1.165) is 29.9 Å². The number of hydrogen-bond acceptors (Lipinski definition) is 3. The lowest BCUT2D eigenvalue weighted by molar-refractivity contribution is -0.128. The number of nitrogens with one attached hydrogen (secondary N) is 1. The molecule has 27 heavy (non-hydrogen) atoms. The summed E-state index contributed by atoms with van der Waals surface area (Å²) in [4.78, 5) is 12.4. The van der Waals surface area contributed by atoms with Crippen LogP contribution >= 0.6 is 0 Å². The molecular formula is C23H29NO3. The summed E-state index contributed by atoms with van der Waals surface area (Å²) in [5, 5.41) is 2.96. The van der Waals surface area contributed by atoms with Crippen LogP contribution in [0, 0.1) is 6.92 Å².